The van der Waals surface area contributed by atoms with E-state index in [4.69, 9.17) is 9.51 Å². The molecule has 5 rings (SSSR count). The van der Waals surface area contributed by atoms with Gasteiger partial charge in [-0.3, -0.25) is 14.3 Å². The summed E-state index contributed by atoms with van der Waals surface area (Å²) >= 11 is 3.15. The highest BCUT2D eigenvalue weighted by atomic mass is 32.2. The molecule has 33 heavy (non-hydrogen) atoms. The highest BCUT2D eigenvalue weighted by molar-refractivity contribution is 7.98. The van der Waals surface area contributed by atoms with Gasteiger partial charge in [-0.2, -0.15) is 4.98 Å². The van der Waals surface area contributed by atoms with E-state index >= 15 is 0 Å². The Labute approximate surface area is 200 Å². The minimum absolute atomic E-state index is 0.0837. The molecule has 4 aromatic heterocycles. The summed E-state index contributed by atoms with van der Waals surface area (Å²) in [5.41, 5.74) is 1.98. The number of thiophene rings is 1. The van der Waals surface area contributed by atoms with Gasteiger partial charge in [0, 0.05) is 17.6 Å². The Morgan fingerprint density at radius 1 is 1.21 bits per heavy atom. The predicted octanol–water partition coefficient (Wildman–Crippen LogP) is 4.03. The van der Waals surface area contributed by atoms with Gasteiger partial charge in [-0.05, 0) is 70.4 Å². The van der Waals surface area contributed by atoms with Crippen molar-refractivity contribution in [3.8, 4) is 11.5 Å². The molecule has 0 unspecified atom stereocenters. The quantitative estimate of drug-likeness (QED) is 0.275. The van der Waals surface area contributed by atoms with Crippen LogP contribution in [0.4, 0.5) is 0 Å². The predicted molar refractivity (Wildman–Crippen MR) is 131 cm³/mol. The van der Waals surface area contributed by atoms with E-state index in [2.05, 4.69) is 20.0 Å². The third-order valence-corrected chi connectivity index (χ3v) is 7.86. The van der Waals surface area contributed by atoms with E-state index in [0.717, 1.165) is 42.4 Å². The number of thioether (sulfide) groups is 1. The van der Waals surface area contributed by atoms with Crippen LogP contribution in [-0.4, -0.2) is 50.2 Å². The topological polar surface area (TPSA) is 89.9 Å². The van der Waals surface area contributed by atoms with Crippen LogP contribution in [0.25, 0.3) is 21.7 Å². The molecule has 0 atom stereocenters. The van der Waals surface area contributed by atoms with Crippen LogP contribution in [0.1, 0.15) is 35.6 Å². The summed E-state index contributed by atoms with van der Waals surface area (Å²) in [5.74, 6) is 1.39. The van der Waals surface area contributed by atoms with Crippen molar-refractivity contribution in [2.45, 2.75) is 49.6 Å². The van der Waals surface area contributed by atoms with Gasteiger partial charge in [-0.15, -0.1) is 11.3 Å². The summed E-state index contributed by atoms with van der Waals surface area (Å²) in [4.78, 5) is 31.6. The Morgan fingerprint density at radius 3 is 2.91 bits per heavy atom. The molecule has 0 fully saturated rings. The number of nitrogens with zero attached hydrogens (tertiary/aromatic N) is 6. The Bertz CT molecular complexity index is 1310. The highest BCUT2D eigenvalue weighted by Crippen LogP contribution is 2.35. The lowest BCUT2D eigenvalue weighted by Crippen LogP contribution is -2.25. The Kier molecular flexibility index (Phi) is 6.57. The van der Waals surface area contributed by atoms with Crippen LogP contribution in [0, 0.1) is 0 Å². The maximum atomic E-state index is 13.6. The van der Waals surface area contributed by atoms with Crippen molar-refractivity contribution in [1.82, 2.24) is 29.6 Å². The second-order valence-corrected chi connectivity index (χ2v) is 10.4. The number of rotatable bonds is 8. The summed E-state index contributed by atoms with van der Waals surface area (Å²) in [6.45, 7) is 1.54. The highest BCUT2D eigenvalue weighted by Gasteiger charge is 2.22. The first-order chi connectivity index (χ1) is 16.1. The van der Waals surface area contributed by atoms with E-state index in [1.807, 2.05) is 36.9 Å². The zero-order valence-corrected chi connectivity index (χ0v) is 20.4. The zero-order chi connectivity index (χ0) is 22.8. The van der Waals surface area contributed by atoms with E-state index in [1.54, 1.807) is 17.5 Å². The van der Waals surface area contributed by atoms with Crippen molar-refractivity contribution < 1.29 is 4.52 Å². The minimum atomic E-state index is 0.0837. The lowest BCUT2D eigenvalue weighted by atomic mass is 9.97. The van der Waals surface area contributed by atoms with E-state index in [-0.39, 0.29) is 5.56 Å². The molecule has 4 aromatic rings. The van der Waals surface area contributed by atoms with Gasteiger partial charge in [0.25, 0.3) is 5.56 Å². The Morgan fingerprint density at radius 2 is 2.09 bits per heavy atom. The fourth-order valence-electron chi connectivity index (χ4n) is 4.11. The number of aromatic nitrogens is 5. The number of hydrogen-bond acceptors (Lipinski definition) is 9. The van der Waals surface area contributed by atoms with Crippen LogP contribution in [0.2, 0.25) is 0 Å². The van der Waals surface area contributed by atoms with Gasteiger partial charge in [-0.25, -0.2) is 4.98 Å². The molecule has 0 bridgehead atoms. The van der Waals surface area contributed by atoms with E-state index in [0.29, 0.717) is 34.9 Å². The van der Waals surface area contributed by atoms with Crippen LogP contribution >= 0.6 is 23.1 Å². The summed E-state index contributed by atoms with van der Waals surface area (Å²) in [6.07, 6.45) is 6.95. The van der Waals surface area contributed by atoms with Crippen LogP contribution in [0.5, 0.6) is 0 Å². The van der Waals surface area contributed by atoms with Gasteiger partial charge >= 0.3 is 0 Å². The van der Waals surface area contributed by atoms with Crippen molar-refractivity contribution in [2.75, 3.05) is 20.6 Å². The van der Waals surface area contributed by atoms with E-state index < -0.39 is 0 Å². The first-order valence-electron chi connectivity index (χ1n) is 11.2. The molecule has 0 saturated heterocycles. The SMILES string of the molecule is CN(C)CCCn1c(SCc2nc(-c3ccccn3)no2)nc2sc3c(c2c1=O)CCCC3. The summed E-state index contributed by atoms with van der Waals surface area (Å²) in [5, 5.41) is 5.59. The van der Waals surface area contributed by atoms with E-state index in [9.17, 15) is 4.79 Å². The molecule has 172 valence electrons. The lowest BCUT2D eigenvalue weighted by molar-refractivity contribution is 0.379. The van der Waals surface area contributed by atoms with Gasteiger partial charge < -0.3 is 9.42 Å². The second-order valence-electron chi connectivity index (χ2n) is 8.41. The number of aryl methyl sites for hydroxylation is 2. The third-order valence-electron chi connectivity index (χ3n) is 5.71. The largest absolute Gasteiger partial charge is 0.338 e. The van der Waals surface area contributed by atoms with Crippen LogP contribution < -0.4 is 5.56 Å². The maximum Gasteiger partial charge on any atom is 0.263 e. The average Bonchev–Trinajstić information content (AvgIpc) is 3.44. The molecule has 1 aliphatic rings. The molecule has 0 N–H and O–H groups in total. The van der Waals surface area contributed by atoms with E-state index in [1.165, 1.54) is 28.6 Å². The molecular formula is C23H26N6O2S2. The van der Waals surface area contributed by atoms with Crippen LogP contribution in [0.3, 0.4) is 0 Å². The van der Waals surface area contributed by atoms with Crippen LogP contribution in [0.15, 0.2) is 38.9 Å². The molecule has 8 nitrogen and oxygen atoms in total. The number of hydrogen-bond donors (Lipinski definition) is 0. The van der Waals surface area contributed by atoms with Crippen LogP contribution in [-0.2, 0) is 25.1 Å². The normalized spacial score (nSPS) is 13.7. The Balaban J connectivity index is 1.44. The first kappa shape index (κ1) is 22.2. The molecule has 0 aliphatic heterocycles. The van der Waals surface area contributed by atoms with Crippen molar-refractivity contribution in [1.29, 1.82) is 0 Å². The Hall–Kier alpha value is -2.56. The molecular weight excluding hydrogens is 456 g/mol. The van der Waals surface area contributed by atoms with Gasteiger partial charge in [0.1, 0.15) is 10.5 Å². The fourth-order valence-corrected chi connectivity index (χ4v) is 6.28. The first-order valence-corrected chi connectivity index (χ1v) is 13.0. The fraction of sp³-hybridized carbons (Fsp3) is 0.435. The molecule has 4 heterocycles. The molecule has 0 spiro atoms. The van der Waals surface area contributed by atoms with Gasteiger partial charge in [0.2, 0.25) is 11.7 Å². The molecule has 0 aromatic carbocycles. The molecule has 0 radical (unpaired) electrons. The summed E-state index contributed by atoms with van der Waals surface area (Å²) < 4.78 is 7.28. The van der Waals surface area contributed by atoms with Crippen molar-refractivity contribution in [2.24, 2.45) is 0 Å². The zero-order valence-electron chi connectivity index (χ0n) is 18.8. The van der Waals surface area contributed by atoms with Gasteiger partial charge in [0.05, 0.1) is 11.1 Å². The molecule has 0 amide bonds. The summed E-state index contributed by atoms with van der Waals surface area (Å²) in [6, 6.07) is 5.58. The third kappa shape index (κ3) is 4.73. The summed E-state index contributed by atoms with van der Waals surface area (Å²) in [7, 11) is 4.09. The average molecular weight is 483 g/mol. The standard InChI is InChI=1S/C23H26N6O2S2/c1-28(2)12-7-13-29-22(30)19-15-8-3-4-10-17(15)33-21(19)26-23(29)32-14-18-25-20(27-31-18)16-9-5-6-11-24-16/h5-6,9,11H,3-4,7-8,10,12-14H2,1-2H3. The monoisotopic (exact) mass is 482 g/mol. The second kappa shape index (κ2) is 9.74. The van der Waals surface area contributed by atoms with Gasteiger partial charge in [0.15, 0.2) is 5.16 Å². The van der Waals surface area contributed by atoms with Gasteiger partial charge in [-0.1, -0.05) is 23.0 Å². The minimum Gasteiger partial charge on any atom is -0.338 e. The van der Waals surface area contributed by atoms with Crippen molar-refractivity contribution in [3.63, 3.8) is 0 Å². The van der Waals surface area contributed by atoms with Crippen molar-refractivity contribution >= 4 is 33.3 Å². The lowest BCUT2D eigenvalue weighted by Gasteiger charge is -2.14. The molecule has 0 saturated carbocycles. The maximum absolute atomic E-state index is 13.6. The number of pyridine rings is 1. The smallest absolute Gasteiger partial charge is 0.263 e. The molecule has 1 aliphatic carbocycles. The van der Waals surface area contributed by atoms with Crippen molar-refractivity contribution in [3.05, 3.63) is 51.1 Å². The number of fused-ring (bicyclic) bond motifs is 3. The molecule has 10 heteroatoms.